The summed E-state index contributed by atoms with van der Waals surface area (Å²) in [5.74, 6) is -0.232. The number of nitrogens with two attached hydrogens (primary N) is 1. The monoisotopic (exact) mass is 261 g/mol. The lowest BCUT2D eigenvalue weighted by Crippen LogP contribution is -1.99. The number of nitrogens with zero attached hydrogens (tertiary/aromatic N) is 2. The number of aryl methyl sites for hydroxylation is 3. The standard InChI is InChI=1S/C15H20FN3/c1-5-13-15(14(6-2)19(4)18-13)10-8-12(17)9(3)7-11(10)16/h7-8H,5-6,17H2,1-4H3. The average Bonchev–Trinajstić information content (AvgIpc) is 2.69. The molecule has 2 N–H and O–H groups in total. The van der Waals surface area contributed by atoms with E-state index in [-0.39, 0.29) is 5.82 Å². The number of benzene rings is 1. The molecule has 0 aliphatic heterocycles. The van der Waals surface area contributed by atoms with Gasteiger partial charge in [-0.2, -0.15) is 5.10 Å². The van der Waals surface area contributed by atoms with Crippen LogP contribution in [0.3, 0.4) is 0 Å². The third kappa shape index (κ3) is 2.23. The number of hydrogen-bond donors (Lipinski definition) is 1. The predicted octanol–water partition coefficient (Wildman–Crippen LogP) is 3.24. The number of aromatic nitrogens is 2. The summed E-state index contributed by atoms with van der Waals surface area (Å²) in [4.78, 5) is 0. The minimum absolute atomic E-state index is 0.232. The molecule has 0 radical (unpaired) electrons. The SMILES string of the molecule is CCc1nn(C)c(CC)c1-c1cc(N)c(C)cc1F. The lowest BCUT2D eigenvalue weighted by molar-refractivity contribution is 0.630. The lowest BCUT2D eigenvalue weighted by Gasteiger charge is -2.09. The number of hydrogen-bond acceptors (Lipinski definition) is 2. The van der Waals surface area contributed by atoms with Crippen molar-refractivity contribution in [2.75, 3.05) is 5.73 Å². The van der Waals surface area contributed by atoms with Gasteiger partial charge in [0.25, 0.3) is 0 Å². The highest BCUT2D eigenvalue weighted by atomic mass is 19.1. The van der Waals surface area contributed by atoms with E-state index in [2.05, 4.69) is 12.0 Å². The molecule has 1 aromatic heterocycles. The van der Waals surface area contributed by atoms with E-state index in [4.69, 9.17) is 5.73 Å². The van der Waals surface area contributed by atoms with Gasteiger partial charge >= 0.3 is 0 Å². The van der Waals surface area contributed by atoms with Crippen LogP contribution in [0.5, 0.6) is 0 Å². The molecule has 0 aliphatic carbocycles. The zero-order valence-electron chi connectivity index (χ0n) is 11.9. The van der Waals surface area contributed by atoms with Crippen LogP contribution in [-0.4, -0.2) is 9.78 Å². The second kappa shape index (κ2) is 5.03. The largest absolute Gasteiger partial charge is 0.398 e. The Bertz CT molecular complexity index is 614. The Morgan fingerprint density at radius 2 is 1.95 bits per heavy atom. The van der Waals surface area contributed by atoms with Crippen LogP contribution in [0, 0.1) is 12.7 Å². The van der Waals surface area contributed by atoms with Crippen molar-refractivity contribution in [1.82, 2.24) is 9.78 Å². The maximum atomic E-state index is 14.3. The van der Waals surface area contributed by atoms with Crippen molar-refractivity contribution in [2.45, 2.75) is 33.6 Å². The van der Waals surface area contributed by atoms with E-state index >= 15 is 0 Å². The molecule has 2 aromatic rings. The quantitative estimate of drug-likeness (QED) is 0.862. The Labute approximate surface area is 113 Å². The average molecular weight is 261 g/mol. The minimum Gasteiger partial charge on any atom is -0.398 e. The molecule has 19 heavy (non-hydrogen) atoms. The van der Waals surface area contributed by atoms with Gasteiger partial charge in [0.05, 0.1) is 5.69 Å². The third-order valence-corrected chi connectivity index (χ3v) is 3.53. The maximum absolute atomic E-state index is 14.3. The van der Waals surface area contributed by atoms with Gasteiger partial charge in [-0.05, 0) is 37.5 Å². The molecule has 0 bridgehead atoms. The predicted molar refractivity (Wildman–Crippen MR) is 76.5 cm³/mol. The Morgan fingerprint density at radius 3 is 2.53 bits per heavy atom. The van der Waals surface area contributed by atoms with Crippen molar-refractivity contribution in [3.63, 3.8) is 0 Å². The van der Waals surface area contributed by atoms with Crippen LogP contribution in [0.1, 0.15) is 30.8 Å². The van der Waals surface area contributed by atoms with E-state index in [0.29, 0.717) is 11.3 Å². The van der Waals surface area contributed by atoms with Crippen molar-refractivity contribution in [3.8, 4) is 11.1 Å². The van der Waals surface area contributed by atoms with Crippen LogP contribution in [0.2, 0.25) is 0 Å². The van der Waals surface area contributed by atoms with Crippen molar-refractivity contribution in [2.24, 2.45) is 7.05 Å². The summed E-state index contributed by atoms with van der Waals surface area (Å²) in [6.07, 6.45) is 1.59. The number of rotatable bonds is 3. The van der Waals surface area contributed by atoms with E-state index in [1.54, 1.807) is 6.07 Å². The van der Waals surface area contributed by atoms with Crippen LogP contribution >= 0.6 is 0 Å². The van der Waals surface area contributed by atoms with Crippen LogP contribution in [-0.2, 0) is 19.9 Å². The fourth-order valence-electron chi connectivity index (χ4n) is 2.46. The molecule has 0 spiro atoms. The molecule has 0 saturated carbocycles. The van der Waals surface area contributed by atoms with Gasteiger partial charge in [0, 0.05) is 29.6 Å². The Hall–Kier alpha value is -1.84. The molecule has 2 rings (SSSR count). The summed E-state index contributed by atoms with van der Waals surface area (Å²) >= 11 is 0. The molecule has 0 aliphatic rings. The molecule has 0 unspecified atom stereocenters. The van der Waals surface area contributed by atoms with Crippen molar-refractivity contribution < 1.29 is 4.39 Å². The highest BCUT2D eigenvalue weighted by molar-refractivity contribution is 5.73. The van der Waals surface area contributed by atoms with Gasteiger partial charge in [-0.25, -0.2) is 4.39 Å². The van der Waals surface area contributed by atoms with Gasteiger partial charge in [-0.1, -0.05) is 13.8 Å². The highest BCUT2D eigenvalue weighted by Gasteiger charge is 2.19. The van der Waals surface area contributed by atoms with Gasteiger partial charge in [0.2, 0.25) is 0 Å². The molecule has 0 amide bonds. The normalized spacial score (nSPS) is 11.0. The van der Waals surface area contributed by atoms with E-state index in [1.807, 2.05) is 25.6 Å². The summed E-state index contributed by atoms with van der Waals surface area (Å²) in [6.45, 7) is 5.89. The number of anilines is 1. The fourth-order valence-corrected chi connectivity index (χ4v) is 2.46. The topological polar surface area (TPSA) is 43.8 Å². The minimum atomic E-state index is -0.232. The highest BCUT2D eigenvalue weighted by Crippen LogP contribution is 2.33. The maximum Gasteiger partial charge on any atom is 0.131 e. The van der Waals surface area contributed by atoms with E-state index in [0.717, 1.165) is 35.4 Å². The molecule has 102 valence electrons. The summed E-state index contributed by atoms with van der Waals surface area (Å²) < 4.78 is 16.1. The molecule has 1 aromatic carbocycles. The first kappa shape index (κ1) is 13.6. The van der Waals surface area contributed by atoms with Gasteiger partial charge in [-0.3, -0.25) is 4.68 Å². The van der Waals surface area contributed by atoms with Crippen LogP contribution in [0.4, 0.5) is 10.1 Å². The lowest BCUT2D eigenvalue weighted by atomic mass is 9.98. The molecule has 1 heterocycles. The van der Waals surface area contributed by atoms with Crippen LogP contribution in [0.25, 0.3) is 11.1 Å². The molecular weight excluding hydrogens is 241 g/mol. The smallest absolute Gasteiger partial charge is 0.131 e. The van der Waals surface area contributed by atoms with Crippen molar-refractivity contribution >= 4 is 5.69 Å². The van der Waals surface area contributed by atoms with Crippen molar-refractivity contribution in [3.05, 3.63) is 34.9 Å². The Balaban J connectivity index is 2.74. The third-order valence-electron chi connectivity index (χ3n) is 3.53. The van der Waals surface area contributed by atoms with Crippen LogP contribution < -0.4 is 5.73 Å². The zero-order chi connectivity index (χ0) is 14.2. The second-order valence-electron chi connectivity index (χ2n) is 4.79. The van der Waals surface area contributed by atoms with Gasteiger partial charge in [-0.15, -0.1) is 0 Å². The van der Waals surface area contributed by atoms with Gasteiger partial charge < -0.3 is 5.73 Å². The Kier molecular flexibility index (Phi) is 3.60. The molecule has 0 fully saturated rings. The van der Waals surface area contributed by atoms with E-state index in [1.165, 1.54) is 6.07 Å². The number of halogens is 1. The Morgan fingerprint density at radius 1 is 1.26 bits per heavy atom. The first-order chi connectivity index (χ1) is 8.99. The van der Waals surface area contributed by atoms with Crippen LogP contribution in [0.15, 0.2) is 12.1 Å². The number of nitrogen functional groups attached to an aromatic ring is 1. The fraction of sp³-hybridized carbons (Fsp3) is 0.400. The molecule has 4 heteroatoms. The molecule has 0 atom stereocenters. The molecule has 0 saturated heterocycles. The van der Waals surface area contributed by atoms with E-state index in [9.17, 15) is 4.39 Å². The summed E-state index contributed by atoms with van der Waals surface area (Å²) in [5.41, 5.74) is 10.7. The van der Waals surface area contributed by atoms with E-state index < -0.39 is 0 Å². The first-order valence-corrected chi connectivity index (χ1v) is 6.60. The van der Waals surface area contributed by atoms with Gasteiger partial charge in [0.15, 0.2) is 0 Å². The van der Waals surface area contributed by atoms with Crippen molar-refractivity contribution in [1.29, 1.82) is 0 Å². The van der Waals surface area contributed by atoms with Gasteiger partial charge in [0.1, 0.15) is 5.82 Å². The first-order valence-electron chi connectivity index (χ1n) is 6.60. The summed E-state index contributed by atoms with van der Waals surface area (Å²) in [7, 11) is 1.90. The second-order valence-corrected chi connectivity index (χ2v) is 4.79. The summed E-state index contributed by atoms with van der Waals surface area (Å²) in [5, 5.41) is 4.48. The molecular formula is C15H20FN3. The summed E-state index contributed by atoms with van der Waals surface area (Å²) in [6, 6.07) is 3.22. The zero-order valence-corrected chi connectivity index (χ0v) is 11.9. The molecule has 3 nitrogen and oxygen atoms in total.